The number of rotatable bonds is 2. The van der Waals surface area contributed by atoms with Gasteiger partial charge in [-0.15, -0.1) is 0 Å². The number of carbonyl (C=O) groups excluding carboxylic acids is 1. The molecule has 0 atom stereocenters. The topological polar surface area (TPSA) is 52.3 Å². The fourth-order valence-electron chi connectivity index (χ4n) is 1.75. The van der Waals surface area contributed by atoms with Crippen LogP contribution in [-0.4, -0.2) is 13.1 Å². The largest absolute Gasteiger partial charge is 0.465 e. The van der Waals surface area contributed by atoms with Crippen LogP contribution < -0.4 is 5.73 Å². The van der Waals surface area contributed by atoms with Crippen LogP contribution in [0.4, 0.5) is 5.69 Å². The second-order valence-electron chi connectivity index (χ2n) is 3.77. The van der Waals surface area contributed by atoms with E-state index in [1.165, 1.54) is 7.11 Å². The highest BCUT2D eigenvalue weighted by atomic mass is 79.9. The van der Waals surface area contributed by atoms with Crippen molar-refractivity contribution in [1.82, 2.24) is 0 Å². The summed E-state index contributed by atoms with van der Waals surface area (Å²) in [7, 11) is 1.34. The van der Waals surface area contributed by atoms with Crippen LogP contribution in [0, 0.1) is 0 Å². The van der Waals surface area contributed by atoms with Crippen molar-refractivity contribution in [2.45, 2.75) is 0 Å². The van der Waals surface area contributed by atoms with Crippen LogP contribution in [0.2, 0.25) is 0 Å². The Kier molecular flexibility index (Phi) is 3.67. The van der Waals surface area contributed by atoms with Gasteiger partial charge in [-0.3, -0.25) is 0 Å². The van der Waals surface area contributed by atoms with E-state index >= 15 is 0 Å². The van der Waals surface area contributed by atoms with Gasteiger partial charge in [0.15, 0.2) is 0 Å². The molecule has 0 aliphatic rings. The second-order valence-corrected chi connectivity index (χ2v) is 4.69. The van der Waals surface area contributed by atoms with Gasteiger partial charge in [0.2, 0.25) is 0 Å². The van der Waals surface area contributed by atoms with Crippen molar-refractivity contribution in [2.75, 3.05) is 12.8 Å². The van der Waals surface area contributed by atoms with E-state index in [1.54, 1.807) is 6.07 Å². The highest BCUT2D eigenvalue weighted by Gasteiger charge is 2.15. The molecule has 0 unspecified atom stereocenters. The molecule has 0 spiro atoms. The maximum absolute atomic E-state index is 11.6. The summed E-state index contributed by atoms with van der Waals surface area (Å²) in [4.78, 5) is 11.6. The SMILES string of the molecule is COC(=O)c1cc(Br)cc(-c2ccccc2)c1N. The molecule has 0 aliphatic heterocycles. The van der Waals surface area contributed by atoms with E-state index in [0.717, 1.165) is 15.6 Å². The van der Waals surface area contributed by atoms with Gasteiger partial charge < -0.3 is 10.5 Å². The lowest BCUT2D eigenvalue weighted by Crippen LogP contribution is -2.07. The zero-order valence-corrected chi connectivity index (χ0v) is 11.4. The molecule has 92 valence electrons. The number of hydrogen-bond acceptors (Lipinski definition) is 3. The summed E-state index contributed by atoms with van der Waals surface area (Å²) >= 11 is 3.38. The Balaban J connectivity index is 2.62. The molecule has 0 aromatic heterocycles. The Bertz CT molecular complexity index is 582. The van der Waals surface area contributed by atoms with E-state index in [4.69, 9.17) is 10.5 Å². The fraction of sp³-hybridized carbons (Fsp3) is 0.0714. The molecule has 0 heterocycles. The average Bonchev–Trinajstić information content (AvgIpc) is 2.41. The summed E-state index contributed by atoms with van der Waals surface area (Å²) in [5, 5.41) is 0. The minimum atomic E-state index is -0.439. The van der Waals surface area contributed by atoms with E-state index in [9.17, 15) is 4.79 Å². The summed E-state index contributed by atoms with van der Waals surface area (Å²) in [6.45, 7) is 0. The molecule has 2 N–H and O–H groups in total. The molecule has 0 amide bonds. The van der Waals surface area contributed by atoms with Gasteiger partial charge in [-0.25, -0.2) is 4.79 Å². The number of nitrogen functional groups attached to an aromatic ring is 1. The van der Waals surface area contributed by atoms with Crippen molar-refractivity contribution < 1.29 is 9.53 Å². The zero-order valence-electron chi connectivity index (χ0n) is 9.81. The number of halogens is 1. The molecule has 3 nitrogen and oxygen atoms in total. The standard InChI is InChI=1S/C14H12BrNO2/c1-18-14(17)12-8-10(15)7-11(13(12)16)9-5-3-2-4-6-9/h2-8H,16H2,1H3. The Morgan fingerprint density at radius 2 is 1.89 bits per heavy atom. The third-order valence-corrected chi connectivity index (χ3v) is 3.09. The number of benzene rings is 2. The lowest BCUT2D eigenvalue weighted by Gasteiger charge is -2.11. The first-order chi connectivity index (χ1) is 8.63. The first-order valence-corrected chi connectivity index (χ1v) is 6.15. The molecule has 0 aliphatic carbocycles. The zero-order chi connectivity index (χ0) is 13.1. The van der Waals surface area contributed by atoms with Crippen molar-refractivity contribution in [3.8, 4) is 11.1 Å². The first-order valence-electron chi connectivity index (χ1n) is 5.36. The number of esters is 1. The second kappa shape index (κ2) is 5.23. The molecular weight excluding hydrogens is 294 g/mol. The number of carbonyl (C=O) groups is 1. The number of nitrogens with two attached hydrogens (primary N) is 1. The Labute approximate surface area is 114 Å². The van der Waals surface area contributed by atoms with Gasteiger partial charge in [0.1, 0.15) is 0 Å². The van der Waals surface area contributed by atoms with Crippen molar-refractivity contribution in [3.05, 3.63) is 52.5 Å². The Hall–Kier alpha value is -1.81. The van der Waals surface area contributed by atoms with Crippen LogP contribution in [0.3, 0.4) is 0 Å². The van der Waals surface area contributed by atoms with Crippen molar-refractivity contribution >= 4 is 27.6 Å². The van der Waals surface area contributed by atoms with E-state index < -0.39 is 5.97 Å². The summed E-state index contributed by atoms with van der Waals surface area (Å²) in [5.74, 6) is -0.439. The van der Waals surface area contributed by atoms with E-state index in [2.05, 4.69) is 15.9 Å². The van der Waals surface area contributed by atoms with Gasteiger partial charge in [-0.05, 0) is 17.7 Å². The fourth-order valence-corrected chi connectivity index (χ4v) is 2.21. The van der Waals surface area contributed by atoms with Gasteiger partial charge in [0.05, 0.1) is 18.4 Å². The van der Waals surface area contributed by atoms with E-state index in [0.29, 0.717) is 11.3 Å². The highest BCUT2D eigenvalue weighted by molar-refractivity contribution is 9.10. The van der Waals surface area contributed by atoms with Gasteiger partial charge in [0.25, 0.3) is 0 Å². The maximum atomic E-state index is 11.6. The summed E-state index contributed by atoms with van der Waals surface area (Å²) in [6.07, 6.45) is 0. The van der Waals surface area contributed by atoms with Crippen LogP contribution in [0.25, 0.3) is 11.1 Å². The molecule has 4 heteroatoms. The normalized spacial score (nSPS) is 10.1. The van der Waals surface area contributed by atoms with Crippen molar-refractivity contribution in [2.24, 2.45) is 0 Å². The van der Waals surface area contributed by atoms with Crippen LogP contribution in [0.15, 0.2) is 46.9 Å². The minimum absolute atomic E-state index is 0.366. The lowest BCUT2D eigenvalue weighted by atomic mass is 10.0. The number of anilines is 1. The van der Waals surface area contributed by atoms with E-state index in [1.807, 2.05) is 36.4 Å². The maximum Gasteiger partial charge on any atom is 0.340 e. The summed E-state index contributed by atoms with van der Waals surface area (Å²) < 4.78 is 5.51. The highest BCUT2D eigenvalue weighted by Crippen LogP contribution is 2.32. The summed E-state index contributed by atoms with van der Waals surface area (Å²) in [5.41, 5.74) is 8.60. The Morgan fingerprint density at radius 3 is 2.50 bits per heavy atom. The van der Waals surface area contributed by atoms with Gasteiger partial charge in [0, 0.05) is 10.0 Å². The van der Waals surface area contributed by atoms with Gasteiger partial charge >= 0.3 is 5.97 Å². The molecule has 2 aromatic carbocycles. The molecule has 2 aromatic rings. The quantitative estimate of drug-likeness (QED) is 0.682. The smallest absolute Gasteiger partial charge is 0.340 e. The van der Waals surface area contributed by atoms with Crippen LogP contribution in [0.5, 0.6) is 0 Å². The van der Waals surface area contributed by atoms with Crippen LogP contribution >= 0.6 is 15.9 Å². The third kappa shape index (κ3) is 2.38. The number of ether oxygens (including phenoxy) is 1. The molecular formula is C14H12BrNO2. The van der Waals surface area contributed by atoms with Gasteiger partial charge in [-0.2, -0.15) is 0 Å². The number of hydrogen-bond donors (Lipinski definition) is 1. The third-order valence-electron chi connectivity index (χ3n) is 2.63. The van der Waals surface area contributed by atoms with Gasteiger partial charge in [-0.1, -0.05) is 46.3 Å². The number of methoxy groups -OCH3 is 1. The van der Waals surface area contributed by atoms with Crippen LogP contribution in [-0.2, 0) is 4.74 Å². The average molecular weight is 306 g/mol. The Morgan fingerprint density at radius 1 is 1.22 bits per heavy atom. The monoisotopic (exact) mass is 305 g/mol. The van der Waals surface area contributed by atoms with Crippen molar-refractivity contribution in [3.63, 3.8) is 0 Å². The molecule has 0 radical (unpaired) electrons. The predicted molar refractivity (Wildman–Crippen MR) is 75.3 cm³/mol. The predicted octanol–water partition coefficient (Wildman–Crippen LogP) is 3.48. The molecule has 18 heavy (non-hydrogen) atoms. The minimum Gasteiger partial charge on any atom is -0.465 e. The molecule has 0 bridgehead atoms. The van der Waals surface area contributed by atoms with E-state index in [-0.39, 0.29) is 0 Å². The first kappa shape index (κ1) is 12.6. The molecule has 0 saturated heterocycles. The molecule has 2 rings (SSSR count). The molecule has 0 saturated carbocycles. The van der Waals surface area contributed by atoms with Crippen molar-refractivity contribution in [1.29, 1.82) is 0 Å². The summed E-state index contributed by atoms with van der Waals surface area (Å²) in [6, 6.07) is 13.2. The van der Waals surface area contributed by atoms with Crippen LogP contribution in [0.1, 0.15) is 10.4 Å². The molecule has 0 fully saturated rings. The lowest BCUT2D eigenvalue weighted by molar-refractivity contribution is 0.0602.